The summed E-state index contributed by atoms with van der Waals surface area (Å²) in [6.07, 6.45) is -0.00616. The van der Waals surface area contributed by atoms with Gasteiger partial charge in [-0.1, -0.05) is 18.2 Å². The van der Waals surface area contributed by atoms with Crippen molar-refractivity contribution in [2.75, 3.05) is 13.7 Å². The number of methoxy groups -OCH3 is 1. The Hall–Kier alpha value is -2.08. The van der Waals surface area contributed by atoms with E-state index in [1.807, 2.05) is 0 Å². The number of aliphatic hydroxyl groups is 1. The monoisotopic (exact) mass is 253 g/mol. The normalized spacial score (nSPS) is 11.7. The molecule has 1 rings (SSSR count). The van der Waals surface area contributed by atoms with Gasteiger partial charge in [-0.3, -0.25) is 4.79 Å². The molecule has 3 N–H and O–H groups in total. The van der Waals surface area contributed by atoms with Crippen LogP contribution in [0.3, 0.4) is 0 Å². The highest BCUT2D eigenvalue weighted by Gasteiger charge is 2.19. The average molecular weight is 253 g/mol. The number of rotatable bonds is 6. The van der Waals surface area contributed by atoms with E-state index in [0.717, 1.165) is 0 Å². The van der Waals surface area contributed by atoms with Crippen molar-refractivity contribution in [2.45, 2.75) is 12.5 Å². The summed E-state index contributed by atoms with van der Waals surface area (Å²) in [4.78, 5) is 22.3. The number of carbonyl (C=O) groups excluding carboxylic acids is 1. The molecule has 1 atom stereocenters. The topological polar surface area (TPSA) is 95.9 Å². The molecule has 98 valence electrons. The molecular weight excluding hydrogens is 238 g/mol. The van der Waals surface area contributed by atoms with Crippen molar-refractivity contribution in [3.63, 3.8) is 0 Å². The molecule has 18 heavy (non-hydrogen) atoms. The number of para-hydroxylation sites is 1. The summed E-state index contributed by atoms with van der Waals surface area (Å²) in [6, 6.07) is 5.67. The fourth-order valence-electron chi connectivity index (χ4n) is 1.45. The lowest BCUT2D eigenvalue weighted by molar-refractivity contribution is -0.142. The van der Waals surface area contributed by atoms with E-state index in [-0.39, 0.29) is 6.42 Å². The SMILES string of the molecule is COc1ccccc1CC(=O)N[C@@H](CO)C(=O)O. The molecule has 0 heterocycles. The Morgan fingerprint density at radius 1 is 1.39 bits per heavy atom. The van der Waals surface area contributed by atoms with Gasteiger partial charge in [0.2, 0.25) is 5.91 Å². The number of aliphatic carboxylic acids is 1. The molecule has 0 aliphatic heterocycles. The fourth-order valence-corrected chi connectivity index (χ4v) is 1.45. The van der Waals surface area contributed by atoms with Crippen LogP contribution in [0.25, 0.3) is 0 Å². The number of hydrogen-bond donors (Lipinski definition) is 3. The summed E-state index contributed by atoms with van der Waals surface area (Å²) in [5.41, 5.74) is 0.652. The molecule has 6 nitrogen and oxygen atoms in total. The lowest BCUT2D eigenvalue weighted by Gasteiger charge is -2.12. The fraction of sp³-hybridized carbons (Fsp3) is 0.333. The van der Waals surface area contributed by atoms with Crippen LogP contribution in [-0.4, -0.2) is 41.8 Å². The highest BCUT2D eigenvalue weighted by molar-refractivity contribution is 5.85. The van der Waals surface area contributed by atoms with Gasteiger partial charge in [-0.05, 0) is 6.07 Å². The molecular formula is C12H15NO5. The zero-order valence-electron chi connectivity index (χ0n) is 9.92. The maximum absolute atomic E-state index is 11.6. The van der Waals surface area contributed by atoms with Crippen molar-refractivity contribution < 1.29 is 24.5 Å². The summed E-state index contributed by atoms with van der Waals surface area (Å²) in [5.74, 6) is -1.20. The minimum absolute atomic E-state index is 0.00616. The molecule has 0 aromatic heterocycles. The maximum Gasteiger partial charge on any atom is 0.328 e. The van der Waals surface area contributed by atoms with E-state index < -0.39 is 24.5 Å². The molecule has 0 bridgehead atoms. The number of nitrogens with one attached hydrogen (secondary N) is 1. The first-order chi connectivity index (χ1) is 8.58. The quantitative estimate of drug-likeness (QED) is 0.652. The molecule has 0 aliphatic carbocycles. The van der Waals surface area contributed by atoms with Crippen molar-refractivity contribution in [1.29, 1.82) is 0 Å². The van der Waals surface area contributed by atoms with Crippen LogP contribution < -0.4 is 10.1 Å². The van der Waals surface area contributed by atoms with Gasteiger partial charge < -0.3 is 20.3 Å². The molecule has 1 amide bonds. The second-order valence-electron chi connectivity index (χ2n) is 3.63. The van der Waals surface area contributed by atoms with Crippen molar-refractivity contribution in [3.8, 4) is 5.75 Å². The van der Waals surface area contributed by atoms with Gasteiger partial charge >= 0.3 is 5.97 Å². The van der Waals surface area contributed by atoms with Gasteiger partial charge in [0.25, 0.3) is 0 Å². The van der Waals surface area contributed by atoms with Crippen molar-refractivity contribution in [2.24, 2.45) is 0 Å². The third kappa shape index (κ3) is 3.74. The largest absolute Gasteiger partial charge is 0.496 e. The molecule has 0 saturated heterocycles. The maximum atomic E-state index is 11.6. The summed E-state index contributed by atoms with van der Waals surface area (Å²) >= 11 is 0. The van der Waals surface area contributed by atoms with Gasteiger partial charge in [-0.25, -0.2) is 4.79 Å². The van der Waals surface area contributed by atoms with Crippen molar-refractivity contribution in [3.05, 3.63) is 29.8 Å². The van der Waals surface area contributed by atoms with Crippen LogP contribution in [0, 0.1) is 0 Å². The van der Waals surface area contributed by atoms with Gasteiger partial charge in [0.15, 0.2) is 0 Å². The van der Waals surface area contributed by atoms with E-state index in [1.54, 1.807) is 24.3 Å². The number of amides is 1. The zero-order valence-corrected chi connectivity index (χ0v) is 9.92. The molecule has 0 saturated carbocycles. The predicted molar refractivity (Wildman–Crippen MR) is 63.4 cm³/mol. The van der Waals surface area contributed by atoms with Crippen molar-refractivity contribution in [1.82, 2.24) is 5.32 Å². The number of benzene rings is 1. The van der Waals surface area contributed by atoms with Crippen LogP contribution in [0.5, 0.6) is 5.75 Å². The molecule has 0 unspecified atom stereocenters. The lowest BCUT2D eigenvalue weighted by Crippen LogP contribution is -2.43. The standard InChI is InChI=1S/C12H15NO5/c1-18-10-5-3-2-4-8(10)6-11(15)13-9(7-14)12(16)17/h2-5,9,14H,6-7H2,1H3,(H,13,15)(H,16,17)/t9-/m0/s1. The molecule has 0 aliphatic rings. The van der Waals surface area contributed by atoms with Gasteiger partial charge in [0.05, 0.1) is 20.1 Å². The lowest BCUT2D eigenvalue weighted by atomic mass is 10.1. The number of carboxylic acids is 1. The van der Waals surface area contributed by atoms with Crippen LogP contribution >= 0.6 is 0 Å². The van der Waals surface area contributed by atoms with E-state index in [0.29, 0.717) is 11.3 Å². The van der Waals surface area contributed by atoms with Gasteiger partial charge in [-0.15, -0.1) is 0 Å². The van der Waals surface area contributed by atoms with E-state index >= 15 is 0 Å². The van der Waals surface area contributed by atoms with Gasteiger partial charge in [0.1, 0.15) is 11.8 Å². The highest BCUT2D eigenvalue weighted by atomic mass is 16.5. The minimum atomic E-state index is -1.28. The zero-order chi connectivity index (χ0) is 13.5. The Morgan fingerprint density at radius 2 is 2.06 bits per heavy atom. The second kappa shape index (κ2) is 6.61. The Labute approximate surface area is 104 Å². The Balaban J connectivity index is 2.67. The molecule has 6 heteroatoms. The first-order valence-corrected chi connectivity index (χ1v) is 5.33. The van der Waals surface area contributed by atoms with Crippen LogP contribution in [0.4, 0.5) is 0 Å². The Bertz CT molecular complexity index is 432. The number of carbonyl (C=O) groups is 2. The molecule has 1 aromatic rings. The van der Waals surface area contributed by atoms with Crippen molar-refractivity contribution >= 4 is 11.9 Å². The molecule has 0 radical (unpaired) electrons. The summed E-state index contributed by atoms with van der Waals surface area (Å²) in [7, 11) is 1.49. The average Bonchev–Trinajstić information content (AvgIpc) is 2.36. The van der Waals surface area contributed by atoms with Gasteiger partial charge in [0, 0.05) is 5.56 Å². The number of aliphatic hydroxyl groups excluding tert-OH is 1. The second-order valence-corrected chi connectivity index (χ2v) is 3.63. The third-order valence-corrected chi connectivity index (χ3v) is 2.36. The smallest absolute Gasteiger partial charge is 0.328 e. The first-order valence-electron chi connectivity index (χ1n) is 5.33. The molecule has 1 aromatic carbocycles. The summed E-state index contributed by atoms with van der Waals surface area (Å²) in [5, 5.41) is 19.7. The Morgan fingerprint density at radius 3 is 2.61 bits per heavy atom. The number of hydrogen-bond acceptors (Lipinski definition) is 4. The van der Waals surface area contributed by atoms with Crippen LogP contribution in [-0.2, 0) is 16.0 Å². The van der Waals surface area contributed by atoms with E-state index in [9.17, 15) is 9.59 Å². The summed E-state index contributed by atoms with van der Waals surface area (Å²) < 4.78 is 5.08. The third-order valence-electron chi connectivity index (χ3n) is 2.36. The minimum Gasteiger partial charge on any atom is -0.496 e. The predicted octanol–water partition coefficient (Wildman–Crippen LogP) is -0.201. The van der Waals surface area contributed by atoms with Gasteiger partial charge in [-0.2, -0.15) is 0 Å². The van der Waals surface area contributed by atoms with E-state index in [1.165, 1.54) is 7.11 Å². The number of ether oxygens (including phenoxy) is 1. The highest BCUT2D eigenvalue weighted by Crippen LogP contribution is 2.17. The van der Waals surface area contributed by atoms with Crippen LogP contribution in [0.1, 0.15) is 5.56 Å². The molecule has 0 fully saturated rings. The number of carboxylic acid groups (broad SMARTS) is 1. The van der Waals surface area contributed by atoms with Crippen LogP contribution in [0.2, 0.25) is 0 Å². The van der Waals surface area contributed by atoms with Crippen LogP contribution in [0.15, 0.2) is 24.3 Å². The summed E-state index contributed by atoms with van der Waals surface area (Å²) in [6.45, 7) is -0.646. The van der Waals surface area contributed by atoms with E-state index in [2.05, 4.69) is 5.32 Å². The Kier molecular flexibility index (Phi) is 5.13. The first kappa shape index (κ1) is 14.0. The molecule has 0 spiro atoms. The van der Waals surface area contributed by atoms with E-state index in [4.69, 9.17) is 14.9 Å².